The molecule has 1 aromatic heterocycles. The molecule has 0 amide bonds. The van der Waals surface area contributed by atoms with E-state index in [-0.39, 0.29) is 6.10 Å². The molecule has 4 heteroatoms. The number of nitrogens with zero attached hydrogens (tertiary/aromatic N) is 2. The Morgan fingerprint density at radius 3 is 3.25 bits per heavy atom. The van der Waals surface area contributed by atoms with Crippen molar-refractivity contribution < 1.29 is 4.74 Å². The van der Waals surface area contributed by atoms with E-state index in [1.54, 1.807) is 0 Å². The quantitative estimate of drug-likeness (QED) is 0.824. The number of ether oxygens (including phenoxy) is 1. The van der Waals surface area contributed by atoms with Crippen LogP contribution in [0.25, 0.3) is 0 Å². The first kappa shape index (κ1) is 11.6. The highest BCUT2D eigenvalue weighted by Crippen LogP contribution is 2.33. The minimum Gasteiger partial charge on any atom is -0.373 e. The smallest absolute Gasteiger partial charge is 0.0896 e. The van der Waals surface area contributed by atoms with E-state index in [0.29, 0.717) is 5.92 Å². The van der Waals surface area contributed by atoms with Crippen LogP contribution >= 0.6 is 0 Å². The molecule has 1 aromatic rings. The van der Waals surface area contributed by atoms with Crippen molar-refractivity contribution in [2.45, 2.75) is 32.4 Å². The summed E-state index contributed by atoms with van der Waals surface area (Å²) in [5, 5.41) is 7.60. The second-order valence-corrected chi connectivity index (χ2v) is 4.43. The first-order chi connectivity index (χ1) is 7.85. The maximum Gasteiger partial charge on any atom is 0.0896 e. The third-order valence-electron chi connectivity index (χ3n) is 3.11. The van der Waals surface area contributed by atoms with Crippen molar-refractivity contribution in [2.75, 3.05) is 20.2 Å². The highest BCUT2D eigenvalue weighted by Gasteiger charge is 2.29. The Bertz CT molecular complexity index is 324. The molecule has 16 heavy (non-hydrogen) atoms. The van der Waals surface area contributed by atoms with Gasteiger partial charge in [0.2, 0.25) is 0 Å². The average Bonchev–Trinajstić information content (AvgIpc) is 2.87. The first-order valence-corrected chi connectivity index (χ1v) is 6.13. The van der Waals surface area contributed by atoms with E-state index in [4.69, 9.17) is 4.74 Å². The summed E-state index contributed by atoms with van der Waals surface area (Å²) >= 11 is 0. The second kappa shape index (κ2) is 5.46. The highest BCUT2D eigenvalue weighted by molar-refractivity contribution is 5.11. The minimum absolute atomic E-state index is 0.234. The van der Waals surface area contributed by atoms with Crippen LogP contribution in [0, 0.1) is 5.92 Å². The number of aromatic nitrogens is 2. The lowest BCUT2D eigenvalue weighted by Crippen LogP contribution is -2.21. The van der Waals surface area contributed by atoms with Crippen molar-refractivity contribution in [1.82, 2.24) is 15.1 Å². The predicted molar refractivity (Wildman–Crippen MR) is 63.2 cm³/mol. The van der Waals surface area contributed by atoms with Gasteiger partial charge in [0.15, 0.2) is 0 Å². The molecule has 4 nitrogen and oxygen atoms in total. The third-order valence-corrected chi connectivity index (χ3v) is 3.11. The first-order valence-electron chi connectivity index (χ1n) is 6.13. The van der Waals surface area contributed by atoms with Crippen molar-refractivity contribution in [3.63, 3.8) is 0 Å². The van der Waals surface area contributed by atoms with E-state index in [2.05, 4.69) is 23.5 Å². The fourth-order valence-electron chi connectivity index (χ4n) is 2.35. The molecule has 1 saturated heterocycles. The van der Waals surface area contributed by atoms with Crippen molar-refractivity contribution in [1.29, 1.82) is 0 Å². The van der Waals surface area contributed by atoms with Crippen LogP contribution in [0.2, 0.25) is 0 Å². The van der Waals surface area contributed by atoms with Crippen LogP contribution in [-0.2, 0) is 11.3 Å². The number of nitrogens with one attached hydrogen (secondary N) is 1. The summed E-state index contributed by atoms with van der Waals surface area (Å²) in [7, 11) is 2.00. The van der Waals surface area contributed by atoms with Gasteiger partial charge in [0.1, 0.15) is 0 Å². The SMILES string of the molecule is CCCn1cc(C2OCCC2CNC)cn1. The molecule has 0 bridgehead atoms. The predicted octanol–water partition coefficient (Wildman–Crippen LogP) is 1.59. The Morgan fingerprint density at radius 2 is 2.50 bits per heavy atom. The molecule has 1 fully saturated rings. The summed E-state index contributed by atoms with van der Waals surface area (Å²) in [6.45, 7) is 5.04. The van der Waals surface area contributed by atoms with Crippen LogP contribution in [0.3, 0.4) is 0 Å². The number of hydrogen-bond acceptors (Lipinski definition) is 3. The van der Waals surface area contributed by atoms with Crippen molar-refractivity contribution >= 4 is 0 Å². The van der Waals surface area contributed by atoms with Gasteiger partial charge < -0.3 is 10.1 Å². The summed E-state index contributed by atoms with van der Waals surface area (Å²) in [4.78, 5) is 0. The van der Waals surface area contributed by atoms with Gasteiger partial charge in [-0.25, -0.2) is 0 Å². The topological polar surface area (TPSA) is 39.1 Å². The van der Waals surface area contributed by atoms with Crippen LogP contribution in [0.5, 0.6) is 0 Å². The minimum atomic E-state index is 0.234. The Kier molecular flexibility index (Phi) is 3.96. The molecular formula is C12H21N3O. The number of aryl methyl sites for hydroxylation is 1. The Balaban J connectivity index is 2.04. The zero-order valence-electron chi connectivity index (χ0n) is 10.1. The standard InChI is InChI=1S/C12H21N3O/c1-3-5-15-9-11(8-14-15)12-10(7-13-2)4-6-16-12/h8-10,12-13H,3-7H2,1-2H3. The van der Waals surface area contributed by atoms with Gasteiger partial charge in [-0.05, 0) is 19.9 Å². The van der Waals surface area contributed by atoms with Crippen LogP contribution in [0.4, 0.5) is 0 Å². The van der Waals surface area contributed by atoms with E-state index in [9.17, 15) is 0 Å². The molecule has 0 saturated carbocycles. The van der Waals surface area contributed by atoms with Crippen LogP contribution < -0.4 is 5.32 Å². The summed E-state index contributed by atoms with van der Waals surface area (Å²) in [6.07, 6.45) is 6.58. The lowest BCUT2D eigenvalue weighted by atomic mass is 9.97. The largest absolute Gasteiger partial charge is 0.373 e. The normalized spacial score (nSPS) is 25.1. The molecule has 1 N–H and O–H groups in total. The van der Waals surface area contributed by atoms with E-state index >= 15 is 0 Å². The molecule has 2 unspecified atom stereocenters. The zero-order valence-corrected chi connectivity index (χ0v) is 10.1. The van der Waals surface area contributed by atoms with Gasteiger partial charge in [-0.3, -0.25) is 4.68 Å². The fraction of sp³-hybridized carbons (Fsp3) is 0.750. The van der Waals surface area contributed by atoms with Crippen molar-refractivity contribution in [3.05, 3.63) is 18.0 Å². The molecule has 2 atom stereocenters. The monoisotopic (exact) mass is 223 g/mol. The Labute approximate surface area is 97.0 Å². The van der Waals surface area contributed by atoms with Crippen LogP contribution in [0.15, 0.2) is 12.4 Å². The van der Waals surface area contributed by atoms with Crippen molar-refractivity contribution in [3.8, 4) is 0 Å². The van der Waals surface area contributed by atoms with Gasteiger partial charge in [0, 0.05) is 37.4 Å². The maximum absolute atomic E-state index is 5.80. The lowest BCUT2D eigenvalue weighted by Gasteiger charge is -2.16. The Morgan fingerprint density at radius 1 is 1.62 bits per heavy atom. The van der Waals surface area contributed by atoms with Gasteiger partial charge in [0.25, 0.3) is 0 Å². The molecule has 0 radical (unpaired) electrons. The zero-order chi connectivity index (χ0) is 11.4. The number of hydrogen-bond donors (Lipinski definition) is 1. The van der Waals surface area contributed by atoms with E-state index < -0.39 is 0 Å². The average molecular weight is 223 g/mol. The van der Waals surface area contributed by atoms with Crippen LogP contribution in [-0.4, -0.2) is 30.0 Å². The molecule has 2 rings (SSSR count). The van der Waals surface area contributed by atoms with Crippen LogP contribution in [0.1, 0.15) is 31.4 Å². The number of rotatable bonds is 5. The summed E-state index contributed by atoms with van der Waals surface area (Å²) in [6, 6.07) is 0. The molecule has 1 aliphatic rings. The van der Waals surface area contributed by atoms with E-state index in [1.165, 1.54) is 5.56 Å². The molecular weight excluding hydrogens is 202 g/mol. The fourth-order valence-corrected chi connectivity index (χ4v) is 2.35. The molecule has 0 aromatic carbocycles. The molecule has 90 valence electrons. The van der Waals surface area contributed by atoms with Gasteiger partial charge in [-0.15, -0.1) is 0 Å². The van der Waals surface area contributed by atoms with E-state index in [0.717, 1.165) is 32.5 Å². The summed E-state index contributed by atoms with van der Waals surface area (Å²) < 4.78 is 7.81. The maximum atomic E-state index is 5.80. The molecule has 0 aliphatic carbocycles. The molecule has 2 heterocycles. The summed E-state index contributed by atoms with van der Waals surface area (Å²) in [5.41, 5.74) is 1.23. The summed E-state index contributed by atoms with van der Waals surface area (Å²) in [5.74, 6) is 0.587. The van der Waals surface area contributed by atoms with Crippen molar-refractivity contribution in [2.24, 2.45) is 5.92 Å². The van der Waals surface area contributed by atoms with E-state index in [1.807, 2.05) is 17.9 Å². The molecule has 1 aliphatic heterocycles. The van der Waals surface area contributed by atoms with Gasteiger partial charge in [-0.2, -0.15) is 5.10 Å². The second-order valence-electron chi connectivity index (χ2n) is 4.43. The highest BCUT2D eigenvalue weighted by atomic mass is 16.5. The van der Waals surface area contributed by atoms with Gasteiger partial charge >= 0.3 is 0 Å². The van der Waals surface area contributed by atoms with Gasteiger partial charge in [0.05, 0.1) is 12.3 Å². The molecule has 0 spiro atoms. The Hall–Kier alpha value is -0.870. The van der Waals surface area contributed by atoms with Gasteiger partial charge in [-0.1, -0.05) is 6.92 Å². The third kappa shape index (κ3) is 2.44. The lowest BCUT2D eigenvalue weighted by molar-refractivity contribution is 0.0909.